The second-order valence-corrected chi connectivity index (χ2v) is 8.74. The van der Waals surface area contributed by atoms with Crippen LogP contribution in [0.4, 0.5) is 0 Å². The largest absolute Gasteiger partial charge is 0.394 e. The van der Waals surface area contributed by atoms with Crippen LogP contribution >= 0.6 is 0 Å². The number of aromatic nitrogens is 1. The average molecular weight is 361 g/mol. The van der Waals surface area contributed by atoms with Crippen LogP contribution in [0.5, 0.6) is 0 Å². The number of pyridine rings is 1. The van der Waals surface area contributed by atoms with Crippen molar-refractivity contribution in [3.63, 3.8) is 0 Å². The van der Waals surface area contributed by atoms with Crippen molar-refractivity contribution in [2.75, 3.05) is 6.61 Å². The van der Waals surface area contributed by atoms with Gasteiger partial charge in [-0.3, -0.25) is 9.78 Å². The summed E-state index contributed by atoms with van der Waals surface area (Å²) in [5.41, 5.74) is 2.55. The molecule has 0 unspecified atom stereocenters. The summed E-state index contributed by atoms with van der Waals surface area (Å²) < 4.78 is 0. The van der Waals surface area contributed by atoms with E-state index < -0.39 is 0 Å². The zero-order valence-corrected chi connectivity index (χ0v) is 16.8. The standard InChI is InChI=1S/C22H36N2O2/c1-22(2,3)20(16-25)24-21(26)18-14-17-12-10-8-6-4-5-7-9-11-13-19(18)23-15-17/h14-15,20,25H,4-13,16H2,1-3H3,(H,24,26)/t20-/m1/s1. The lowest BCUT2D eigenvalue weighted by Crippen LogP contribution is -2.46. The van der Waals surface area contributed by atoms with Crippen LogP contribution in [0.25, 0.3) is 0 Å². The van der Waals surface area contributed by atoms with Crippen molar-refractivity contribution in [2.45, 2.75) is 91.0 Å². The molecular formula is C22H36N2O2. The van der Waals surface area contributed by atoms with Gasteiger partial charge in [0.25, 0.3) is 5.91 Å². The van der Waals surface area contributed by atoms with E-state index in [4.69, 9.17) is 0 Å². The van der Waals surface area contributed by atoms with Gasteiger partial charge < -0.3 is 10.4 Å². The summed E-state index contributed by atoms with van der Waals surface area (Å²) in [5, 5.41) is 12.7. The number of hydrogen-bond acceptors (Lipinski definition) is 3. The summed E-state index contributed by atoms with van der Waals surface area (Å²) in [6, 6.07) is 1.76. The lowest BCUT2D eigenvalue weighted by atomic mass is 9.87. The predicted octanol–water partition coefficient (Wildman–Crippen LogP) is 4.44. The molecule has 2 aliphatic rings. The Hall–Kier alpha value is -1.42. The highest BCUT2D eigenvalue weighted by molar-refractivity contribution is 5.95. The van der Waals surface area contributed by atoms with Crippen LogP contribution in [-0.4, -0.2) is 28.6 Å². The number of aliphatic hydroxyl groups is 1. The van der Waals surface area contributed by atoms with Gasteiger partial charge in [-0.15, -0.1) is 0 Å². The first kappa shape index (κ1) is 20.9. The number of aliphatic hydroxyl groups excluding tert-OH is 1. The maximum Gasteiger partial charge on any atom is 0.253 e. The van der Waals surface area contributed by atoms with Gasteiger partial charge in [-0.2, -0.15) is 0 Å². The van der Waals surface area contributed by atoms with Crippen molar-refractivity contribution in [2.24, 2.45) is 5.41 Å². The smallest absolute Gasteiger partial charge is 0.253 e. The number of fused-ring (bicyclic) bond motifs is 11. The van der Waals surface area contributed by atoms with Gasteiger partial charge in [0.15, 0.2) is 0 Å². The van der Waals surface area contributed by atoms with E-state index in [-0.39, 0.29) is 24.0 Å². The molecule has 26 heavy (non-hydrogen) atoms. The van der Waals surface area contributed by atoms with Gasteiger partial charge in [0.1, 0.15) is 0 Å². The highest BCUT2D eigenvalue weighted by Crippen LogP contribution is 2.21. The summed E-state index contributed by atoms with van der Waals surface area (Å²) in [6.45, 7) is 6.03. The van der Waals surface area contributed by atoms with E-state index in [0.717, 1.165) is 36.9 Å². The molecule has 4 heteroatoms. The minimum Gasteiger partial charge on any atom is -0.394 e. The second-order valence-electron chi connectivity index (χ2n) is 8.74. The van der Waals surface area contributed by atoms with Gasteiger partial charge in [0, 0.05) is 6.20 Å². The van der Waals surface area contributed by atoms with Crippen LogP contribution in [0.3, 0.4) is 0 Å². The van der Waals surface area contributed by atoms with Gasteiger partial charge in [-0.05, 0) is 42.7 Å². The molecule has 0 saturated heterocycles. The molecule has 4 nitrogen and oxygen atoms in total. The van der Waals surface area contributed by atoms with Crippen molar-refractivity contribution in [3.8, 4) is 0 Å². The first-order valence-corrected chi connectivity index (χ1v) is 10.3. The van der Waals surface area contributed by atoms with E-state index in [0.29, 0.717) is 5.56 Å². The molecule has 0 spiro atoms. The third-order valence-corrected chi connectivity index (χ3v) is 5.43. The molecule has 146 valence electrons. The minimum absolute atomic E-state index is 0.0578. The number of nitrogens with one attached hydrogen (secondary N) is 1. The molecule has 1 aromatic heterocycles. The van der Waals surface area contributed by atoms with E-state index in [9.17, 15) is 9.90 Å². The summed E-state index contributed by atoms with van der Waals surface area (Å²) in [7, 11) is 0. The average Bonchev–Trinajstić information content (AvgIpc) is 2.60. The molecule has 0 aromatic carbocycles. The number of carbonyl (C=O) groups is 1. The van der Waals surface area contributed by atoms with Gasteiger partial charge in [0.2, 0.25) is 0 Å². The summed E-state index contributed by atoms with van der Waals surface area (Å²) in [5.74, 6) is -0.101. The van der Waals surface area contributed by atoms with Crippen LogP contribution < -0.4 is 5.32 Å². The molecule has 1 aliphatic heterocycles. The van der Waals surface area contributed by atoms with E-state index in [2.05, 4.69) is 10.3 Å². The molecule has 0 fully saturated rings. The highest BCUT2D eigenvalue weighted by atomic mass is 16.3. The Balaban J connectivity index is 2.20. The summed E-state index contributed by atoms with van der Waals surface area (Å²) >= 11 is 0. The fraction of sp³-hybridized carbons (Fsp3) is 0.727. The lowest BCUT2D eigenvalue weighted by molar-refractivity contribution is 0.0846. The number of hydrogen-bond donors (Lipinski definition) is 2. The fourth-order valence-corrected chi connectivity index (χ4v) is 3.52. The van der Waals surface area contributed by atoms with Gasteiger partial charge in [-0.25, -0.2) is 0 Å². The maximum absolute atomic E-state index is 12.9. The molecule has 2 heterocycles. The van der Waals surface area contributed by atoms with Crippen molar-refractivity contribution in [1.82, 2.24) is 10.3 Å². The molecule has 2 N–H and O–H groups in total. The quantitative estimate of drug-likeness (QED) is 0.838. The van der Waals surface area contributed by atoms with E-state index in [1.807, 2.05) is 33.0 Å². The van der Waals surface area contributed by atoms with Crippen molar-refractivity contribution in [3.05, 3.63) is 29.1 Å². The lowest BCUT2D eigenvalue weighted by Gasteiger charge is -2.30. The van der Waals surface area contributed by atoms with E-state index in [1.165, 1.54) is 38.5 Å². The van der Waals surface area contributed by atoms with E-state index >= 15 is 0 Å². The Morgan fingerprint density at radius 3 is 2.23 bits per heavy atom. The topological polar surface area (TPSA) is 62.2 Å². The van der Waals surface area contributed by atoms with Crippen LogP contribution in [-0.2, 0) is 12.8 Å². The zero-order valence-electron chi connectivity index (χ0n) is 16.8. The molecule has 1 atom stereocenters. The zero-order chi connectivity index (χ0) is 19.0. The number of nitrogens with zero attached hydrogens (tertiary/aromatic N) is 1. The van der Waals surface area contributed by atoms with Crippen LogP contribution in [0.15, 0.2) is 12.3 Å². The Labute approximate surface area is 158 Å². The van der Waals surface area contributed by atoms with Crippen molar-refractivity contribution < 1.29 is 9.90 Å². The van der Waals surface area contributed by atoms with Gasteiger partial charge in [0.05, 0.1) is 23.9 Å². The first-order chi connectivity index (χ1) is 12.4. The summed E-state index contributed by atoms with van der Waals surface area (Å²) in [4.78, 5) is 17.6. The molecule has 1 aromatic rings. The Morgan fingerprint density at radius 2 is 1.65 bits per heavy atom. The SMILES string of the molecule is CC(C)(C)[C@@H](CO)NC(=O)c1cc2cnc1CCCCCCCCCC2. The number of aryl methyl sites for hydroxylation is 2. The van der Waals surface area contributed by atoms with Gasteiger partial charge in [-0.1, -0.05) is 59.3 Å². The highest BCUT2D eigenvalue weighted by Gasteiger charge is 2.27. The van der Waals surface area contributed by atoms with Crippen molar-refractivity contribution >= 4 is 5.91 Å². The maximum atomic E-state index is 12.9. The van der Waals surface area contributed by atoms with Gasteiger partial charge >= 0.3 is 0 Å². The minimum atomic E-state index is -0.267. The fourth-order valence-electron chi connectivity index (χ4n) is 3.52. The van der Waals surface area contributed by atoms with E-state index in [1.54, 1.807) is 0 Å². The molecule has 2 bridgehead atoms. The molecular weight excluding hydrogens is 324 g/mol. The monoisotopic (exact) mass is 360 g/mol. The summed E-state index contributed by atoms with van der Waals surface area (Å²) in [6.07, 6.45) is 13.7. The second kappa shape index (κ2) is 10.1. The van der Waals surface area contributed by atoms with Crippen LogP contribution in [0, 0.1) is 5.41 Å². The molecule has 0 radical (unpaired) electrons. The molecule has 0 saturated carbocycles. The molecule has 1 amide bonds. The van der Waals surface area contributed by atoms with Crippen LogP contribution in [0.1, 0.15) is 93.8 Å². The van der Waals surface area contributed by atoms with Crippen molar-refractivity contribution in [1.29, 1.82) is 0 Å². The Bertz CT molecular complexity index is 578. The molecule has 3 rings (SSSR count). The predicted molar refractivity (Wildman–Crippen MR) is 106 cm³/mol. The first-order valence-electron chi connectivity index (χ1n) is 10.3. The molecule has 1 aliphatic carbocycles. The third kappa shape index (κ3) is 6.39. The van der Waals surface area contributed by atoms with Crippen LogP contribution in [0.2, 0.25) is 0 Å². The number of carbonyl (C=O) groups excluding carboxylic acids is 1. The number of amides is 1. The third-order valence-electron chi connectivity index (χ3n) is 5.43. The Morgan fingerprint density at radius 1 is 1.08 bits per heavy atom. The Kier molecular flexibility index (Phi) is 8.08. The normalized spacial score (nSPS) is 18.2. The number of rotatable bonds is 3.